The maximum atomic E-state index is 10.8. The van der Waals surface area contributed by atoms with E-state index in [1.807, 2.05) is 0 Å². The Morgan fingerprint density at radius 1 is 0.500 bits per heavy atom. The summed E-state index contributed by atoms with van der Waals surface area (Å²) in [5.74, 6) is 0. The Morgan fingerprint density at radius 3 is 1.06 bits per heavy atom. The van der Waals surface area contributed by atoms with E-state index in [0.29, 0.717) is 6.42 Å². The standard InChI is InChI=1S/C13H29O4P.C12H27O4P.Ce/c1-3-4-5-6-7-8-9-10-11-12-13-17-18(14,15)16-2;1-2-3-4-5-6-7-8-9-10-11-12-16-17(13,14)15;/h3-13H2,1-2H3,(H,14,15);2-12H2,1H3,(H2,13,14,15);/q;;+3/p-3. The van der Waals surface area contributed by atoms with Crippen LogP contribution >= 0.6 is 15.6 Å². The predicted octanol–water partition coefficient (Wildman–Crippen LogP) is 6.79. The number of unbranched alkanes of at least 4 members (excludes halogenated alkanes) is 18. The molecular weight excluding hydrogens is 630 g/mol. The number of phosphoric ester groups is 2. The second kappa shape index (κ2) is 31.1. The van der Waals surface area contributed by atoms with Crippen molar-refractivity contribution in [3.05, 3.63) is 0 Å². The van der Waals surface area contributed by atoms with Crippen LogP contribution < -0.4 is 14.7 Å². The van der Waals surface area contributed by atoms with Crippen LogP contribution in [0.4, 0.5) is 0 Å². The first-order chi connectivity index (χ1) is 16.7. The molecule has 0 heterocycles. The molecule has 0 fully saturated rings. The summed E-state index contributed by atoms with van der Waals surface area (Å²) >= 11 is 0. The van der Waals surface area contributed by atoms with Crippen LogP contribution in [0, 0.1) is 41.7 Å². The van der Waals surface area contributed by atoms with Crippen LogP contribution in [0.1, 0.15) is 142 Å². The molecule has 0 aliphatic carbocycles. The zero-order valence-corrected chi connectivity index (χ0v) is 28.1. The van der Waals surface area contributed by atoms with Gasteiger partial charge in [-0.25, -0.2) is 0 Å². The summed E-state index contributed by atoms with van der Waals surface area (Å²) in [6, 6.07) is 0. The molecule has 215 valence electrons. The van der Waals surface area contributed by atoms with Gasteiger partial charge in [-0.2, -0.15) is 0 Å². The Kier molecular flexibility index (Phi) is 36.4. The molecule has 0 bridgehead atoms. The first-order valence-electron chi connectivity index (χ1n) is 13.9. The van der Waals surface area contributed by atoms with E-state index in [2.05, 4.69) is 27.4 Å². The molecule has 0 amide bonds. The maximum absolute atomic E-state index is 10.8. The normalized spacial score (nSPS) is 12.9. The minimum absolute atomic E-state index is 0. The van der Waals surface area contributed by atoms with Crippen molar-refractivity contribution in [3.63, 3.8) is 0 Å². The van der Waals surface area contributed by atoms with Crippen LogP contribution in [-0.2, 0) is 22.7 Å². The molecule has 0 N–H and O–H groups in total. The zero-order chi connectivity index (χ0) is 26.7. The quantitative estimate of drug-likeness (QED) is 0.0760. The summed E-state index contributed by atoms with van der Waals surface area (Å²) in [4.78, 5) is 31.1. The topological polar surface area (TPSA) is 131 Å². The summed E-state index contributed by atoms with van der Waals surface area (Å²) in [6.45, 7) is 4.73. The monoisotopic (exact) mass is 683 g/mol. The molecule has 0 aromatic carbocycles. The van der Waals surface area contributed by atoms with Crippen LogP contribution in [0.15, 0.2) is 0 Å². The fourth-order valence-electron chi connectivity index (χ4n) is 3.58. The summed E-state index contributed by atoms with van der Waals surface area (Å²) in [7, 11) is -7.63. The van der Waals surface area contributed by atoms with Crippen molar-refractivity contribution in [1.29, 1.82) is 0 Å². The third kappa shape index (κ3) is 40.1. The van der Waals surface area contributed by atoms with Gasteiger partial charge in [0, 0.05) is 7.11 Å². The van der Waals surface area contributed by atoms with E-state index in [0.717, 1.165) is 39.2 Å². The van der Waals surface area contributed by atoms with E-state index in [-0.39, 0.29) is 55.0 Å². The molecule has 0 aromatic heterocycles. The van der Waals surface area contributed by atoms with Gasteiger partial charge < -0.3 is 32.8 Å². The van der Waals surface area contributed by atoms with E-state index in [4.69, 9.17) is 0 Å². The van der Waals surface area contributed by atoms with E-state index in [9.17, 15) is 23.8 Å². The van der Waals surface area contributed by atoms with Gasteiger partial charge in [-0.1, -0.05) is 129 Å². The zero-order valence-electron chi connectivity index (χ0n) is 23.2. The Morgan fingerprint density at radius 2 is 0.778 bits per heavy atom. The van der Waals surface area contributed by atoms with Crippen LogP contribution in [0.5, 0.6) is 0 Å². The van der Waals surface area contributed by atoms with Gasteiger partial charge in [0.2, 0.25) is 0 Å². The Hall–Kier alpha value is 1.60. The van der Waals surface area contributed by atoms with Gasteiger partial charge in [-0.3, -0.25) is 4.57 Å². The molecule has 36 heavy (non-hydrogen) atoms. The smallest absolute Gasteiger partial charge is 0.790 e. The van der Waals surface area contributed by atoms with Gasteiger partial charge in [0.15, 0.2) is 0 Å². The van der Waals surface area contributed by atoms with Crippen LogP contribution in [0.25, 0.3) is 0 Å². The number of hydrogen-bond donors (Lipinski definition) is 0. The fourth-order valence-corrected chi connectivity index (χ4v) is 4.40. The second-order valence-electron chi connectivity index (χ2n) is 9.11. The minimum Gasteiger partial charge on any atom is -0.790 e. The number of rotatable bonds is 25. The van der Waals surface area contributed by atoms with Gasteiger partial charge in [-0.15, -0.1) is 0 Å². The summed E-state index contributed by atoms with van der Waals surface area (Å²) < 4.78 is 34.0. The summed E-state index contributed by atoms with van der Waals surface area (Å²) in [5, 5.41) is 0. The minimum atomic E-state index is -4.74. The first kappa shape index (κ1) is 42.1. The third-order valence-electron chi connectivity index (χ3n) is 5.72. The van der Waals surface area contributed by atoms with E-state index in [1.165, 1.54) is 89.9 Å². The Balaban J connectivity index is -0.000000590. The molecule has 1 atom stereocenters. The SMILES string of the molecule is CCCCCCCCCCCCOP(=O)([O-])OC.CCCCCCCCCCCCOP(=O)([O-])[O-].[Ce+3]. The van der Waals surface area contributed by atoms with Crippen molar-refractivity contribution < 1.29 is 79.1 Å². The van der Waals surface area contributed by atoms with Crippen LogP contribution in [-0.4, -0.2) is 20.3 Å². The third-order valence-corrected chi connectivity index (χ3v) is 7.16. The molecule has 0 aliphatic rings. The average molecular weight is 684 g/mol. The second-order valence-corrected chi connectivity index (χ2v) is 11.8. The number of hydrogen-bond acceptors (Lipinski definition) is 8. The molecule has 8 nitrogen and oxygen atoms in total. The number of phosphoric acid groups is 2. The van der Waals surface area contributed by atoms with E-state index < -0.39 is 15.6 Å². The van der Waals surface area contributed by atoms with Gasteiger partial charge in [-0.05, 0) is 12.8 Å². The fraction of sp³-hybridized carbons (Fsp3) is 1.00. The first-order valence-corrected chi connectivity index (χ1v) is 16.8. The molecule has 1 radical (unpaired) electrons. The predicted molar refractivity (Wildman–Crippen MR) is 138 cm³/mol. The van der Waals surface area contributed by atoms with Gasteiger partial charge in [0.25, 0.3) is 7.82 Å². The van der Waals surface area contributed by atoms with Crippen molar-refractivity contribution in [2.45, 2.75) is 142 Å². The van der Waals surface area contributed by atoms with Gasteiger partial charge in [0.05, 0.1) is 21.0 Å². The summed E-state index contributed by atoms with van der Waals surface area (Å²) in [6.07, 6.45) is 23.9. The molecular formula is C25H53CeO8P2. The average Bonchev–Trinajstić information content (AvgIpc) is 2.81. The maximum Gasteiger partial charge on any atom is 3.00 e. The molecule has 0 rings (SSSR count). The van der Waals surface area contributed by atoms with Crippen LogP contribution in [0.2, 0.25) is 0 Å². The van der Waals surface area contributed by atoms with Gasteiger partial charge in [0.1, 0.15) is 0 Å². The Bertz CT molecular complexity index is 520. The van der Waals surface area contributed by atoms with Crippen molar-refractivity contribution in [2.75, 3.05) is 20.3 Å². The molecule has 0 saturated heterocycles. The molecule has 0 saturated carbocycles. The van der Waals surface area contributed by atoms with Crippen molar-refractivity contribution in [3.8, 4) is 0 Å². The largest absolute Gasteiger partial charge is 3.00 e. The molecule has 0 spiro atoms. The Labute approximate surface area is 255 Å². The molecule has 0 aromatic rings. The van der Waals surface area contributed by atoms with E-state index >= 15 is 0 Å². The van der Waals surface area contributed by atoms with Crippen molar-refractivity contribution in [2.24, 2.45) is 0 Å². The van der Waals surface area contributed by atoms with Crippen LogP contribution in [0.3, 0.4) is 0 Å². The van der Waals surface area contributed by atoms with Gasteiger partial charge >= 0.3 is 41.7 Å². The summed E-state index contributed by atoms with van der Waals surface area (Å²) in [5.41, 5.74) is 0. The molecule has 1 unspecified atom stereocenters. The van der Waals surface area contributed by atoms with Crippen molar-refractivity contribution >= 4 is 15.6 Å². The van der Waals surface area contributed by atoms with E-state index in [1.54, 1.807) is 0 Å². The molecule has 0 aliphatic heterocycles. The van der Waals surface area contributed by atoms with Crippen molar-refractivity contribution in [1.82, 2.24) is 0 Å². The molecule has 11 heteroatoms.